The van der Waals surface area contributed by atoms with Crippen LogP contribution in [-0.2, 0) is 9.59 Å². The molecule has 0 bridgehead atoms. The van der Waals surface area contributed by atoms with E-state index in [1.54, 1.807) is 0 Å². The first-order valence-electron chi connectivity index (χ1n) is 9.39. The molecule has 1 heterocycles. The second-order valence-corrected chi connectivity index (χ2v) is 7.43. The smallest absolute Gasteiger partial charge is 0.240 e. The first-order chi connectivity index (χ1) is 12.0. The number of rotatable bonds is 5. The Hall–Kier alpha value is -2.04. The van der Waals surface area contributed by atoms with Crippen molar-refractivity contribution in [2.24, 2.45) is 5.41 Å². The third kappa shape index (κ3) is 4.14. The van der Waals surface area contributed by atoms with Crippen LogP contribution in [0.5, 0.6) is 5.75 Å². The molecule has 0 atom stereocenters. The maximum Gasteiger partial charge on any atom is 0.240 e. The highest BCUT2D eigenvalue weighted by molar-refractivity contribution is 6.13. The van der Waals surface area contributed by atoms with Crippen LogP contribution in [0.25, 0.3) is 0 Å². The molecule has 0 unspecified atom stereocenters. The normalized spacial score (nSPS) is 19.2. The summed E-state index contributed by atoms with van der Waals surface area (Å²) in [7, 11) is 0. The molecule has 1 saturated carbocycles. The lowest BCUT2D eigenvalue weighted by atomic mass is 10.0. The van der Waals surface area contributed by atoms with Crippen LogP contribution in [0.15, 0.2) is 24.3 Å². The van der Waals surface area contributed by atoms with Crippen molar-refractivity contribution in [1.29, 1.82) is 0 Å². The molecule has 5 nitrogen and oxygen atoms in total. The van der Waals surface area contributed by atoms with Crippen LogP contribution < -0.4 is 10.1 Å². The Kier molecular flexibility index (Phi) is 5.30. The predicted octanol–water partition coefficient (Wildman–Crippen LogP) is 3.60. The van der Waals surface area contributed by atoms with Gasteiger partial charge in [0.05, 0.1) is 6.10 Å². The summed E-state index contributed by atoms with van der Waals surface area (Å²) < 4.78 is 5.61. The van der Waals surface area contributed by atoms with Gasteiger partial charge in [-0.05, 0) is 63.8 Å². The average Bonchev–Trinajstić information content (AvgIpc) is 3.40. The predicted molar refractivity (Wildman–Crippen MR) is 97.6 cm³/mol. The molecule has 1 N–H and O–H groups in total. The highest BCUT2D eigenvalue weighted by Crippen LogP contribution is 2.48. The van der Waals surface area contributed by atoms with Gasteiger partial charge in [-0.3, -0.25) is 9.59 Å². The van der Waals surface area contributed by atoms with Gasteiger partial charge in [0.25, 0.3) is 0 Å². The van der Waals surface area contributed by atoms with Crippen molar-refractivity contribution in [2.75, 3.05) is 18.4 Å². The van der Waals surface area contributed by atoms with Crippen LogP contribution in [0.2, 0.25) is 0 Å². The molecule has 2 fully saturated rings. The Morgan fingerprint density at radius 2 is 1.64 bits per heavy atom. The summed E-state index contributed by atoms with van der Waals surface area (Å²) in [6, 6.07) is 7.32. The minimum absolute atomic E-state index is 0.0201. The summed E-state index contributed by atoms with van der Waals surface area (Å²) in [5.41, 5.74) is -0.131. The summed E-state index contributed by atoms with van der Waals surface area (Å²) in [4.78, 5) is 27.5. The summed E-state index contributed by atoms with van der Waals surface area (Å²) in [5, 5.41) is 2.92. The van der Waals surface area contributed by atoms with Crippen molar-refractivity contribution in [1.82, 2.24) is 4.90 Å². The summed E-state index contributed by atoms with van der Waals surface area (Å²) in [6.07, 6.45) is 5.86. The fraction of sp³-hybridized carbons (Fsp3) is 0.600. The van der Waals surface area contributed by atoms with Crippen molar-refractivity contribution >= 4 is 17.5 Å². The Bertz CT molecular complexity index is 612. The van der Waals surface area contributed by atoms with Crippen LogP contribution in [0, 0.1) is 5.41 Å². The van der Waals surface area contributed by atoms with Gasteiger partial charge in [-0.2, -0.15) is 0 Å². The molecule has 2 amide bonds. The molecule has 1 aromatic carbocycles. The summed E-state index contributed by atoms with van der Waals surface area (Å²) in [6.45, 7) is 5.52. The van der Waals surface area contributed by atoms with E-state index in [1.165, 1.54) is 12.8 Å². The van der Waals surface area contributed by atoms with Crippen molar-refractivity contribution < 1.29 is 14.3 Å². The van der Waals surface area contributed by atoms with Crippen molar-refractivity contribution in [3.05, 3.63) is 24.3 Å². The number of carbonyl (C=O) groups excluding carboxylic acids is 2. The molecule has 3 rings (SSSR count). The number of amides is 2. The number of hydrogen-bond donors (Lipinski definition) is 1. The van der Waals surface area contributed by atoms with Crippen LogP contribution in [0.3, 0.4) is 0 Å². The number of benzene rings is 1. The lowest BCUT2D eigenvalue weighted by Gasteiger charge is -2.25. The number of carbonyl (C=O) groups is 2. The topological polar surface area (TPSA) is 58.6 Å². The molecule has 0 aromatic heterocycles. The molecular weight excluding hydrogens is 316 g/mol. The molecule has 136 valence electrons. The Morgan fingerprint density at radius 1 is 1.04 bits per heavy atom. The number of nitrogens with one attached hydrogen (secondary N) is 1. The van der Waals surface area contributed by atoms with Crippen molar-refractivity contribution in [3.63, 3.8) is 0 Å². The number of likely N-dealkylation sites (tertiary alicyclic amines) is 1. The van der Waals surface area contributed by atoms with Crippen molar-refractivity contribution in [2.45, 2.75) is 58.5 Å². The van der Waals surface area contributed by atoms with Gasteiger partial charge in [0.1, 0.15) is 11.2 Å². The maximum atomic E-state index is 12.9. The Balaban J connectivity index is 1.62. The molecule has 1 aliphatic heterocycles. The third-order valence-corrected chi connectivity index (χ3v) is 4.97. The van der Waals surface area contributed by atoms with E-state index in [4.69, 9.17) is 4.74 Å². The largest absolute Gasteiger partial charge is 0.491 e. The van der Waals surface area contributed by atoms with E-state index in [2.05, 4.69) is 5.32 Å². The van der Waals surface area contributed by atoms with E-state index in [-0.39, 0.29) is 17.9 Å². The second kappa shape index (κ2) is 7.46. The van der Waals surface area contributed by atoms with Gasteiger partial charge < -0.3 is 15.0 Å². The number of hydrogen-bond acceptors (Lipinski definition) is 3. The van der Waals surface area contributed by atoms with E-state index in [9.17, 15) is 9.59 Å². The maximum absolute atomic E-state index is 12.9. The Labute approximate surface area is 149 Å². The van der Waals surface area contributed by atoms with Gasteiger partial charge >= 0.3 is 0 Å². The minimum Gasteiger partial charge on any atom is -0.491 e. The van der Waals surface area contributed by atoms with E-state index < -0.39 is 5.41 Å². The van der Waals surface area contributed by atoms with Gasteiger partial charge in [0, 0.05) is 18.8 Å². The SMILES string of the molecule is CC(C)Oc1ccc(NC(=O)C2(C(=O)N3CCCCCC3)CC2)cc1. The number of nitrogens with zero attached hydrogens (tertiary/aromatic N) is 1. The molecule has 2 aliphatic rings. The first kappa shape index (κ1) is 17.8. The zero-order chi connectivity index (χ0) is 17.9. The lowest BCUT2D eigenvalue weighted by molar-refractivity contribution is -0.142. The fourth-order valence-corrected chi connectivity index (χ4v) is 3.38. The van der Waals surface area contributed by atoms with E-state index in [0.717, 1.165) is 31.7 Å². The minimum atomic E-state index is -0.836. The molecule has 1 aromatic rings. The molecule has 5 heteroatoms. The zero-order valence-electron chi connectivity index (χ0n) is 15.2. The summed E-state index contributed by atoms with van der Waals surface area (Å²) in [5.74, 6) is 0.626. The van der Waals surface area contributed by atoms with Crippen molar-refractivity contribution in [3.8, 4) is 5.75 Å². The van der Waals surface area contributed by atoms with Gasteiger partial charge in [-0.25, -0.2) is 0 Å². The van der Waals surface area contributed by atoms with Crippen LogP contribution in [-0.4, -0.2) is 35.9 Å². The lowest BCUT2D eigenvalue weighted by Crippen LogP contribution is -2.43. The standard InChI is InChI=1S/C20H28N2O3/c1-15(2)25-17-9-7-16(8-10-17)21-18(23)20(11-12-20)19(24)22-13-5-3-4-6-14-22/h7-10,15H,3-6,11-14H2,1-2H3,(H,21,23). The highest BCUT2D eigenvalue weighted by atomic mass is 16.5. The summed E-state index contributed by atoms with van der Waals surface area (Å²) >= 11 is 0. The van der Waals surface area contributed by atoms with Crippen LogP contribution in [0.4, 0.5) is 5.69 Å². The van der Waals surface area contributed by atoms with E-state index in [0.29, 0.717) is 18.5 Å². The highest BCUT2D eigenvalue weighted by Gasteiger charge is 2.57. The average molecular weight is 344 g/mol. The number of ether oxygens (including phenoxy) is 1. The third-order valence-electron chi connectivity index (χ3n) is 4.97. The first-order valence-corrected chi connectivity index (χ1v) is 9.39. The van der Waals surface area contributed by atoms with Gasteiger partial charge in [0.15, 0.2) is 0 Å². The molecule has 0 spiro atoms. The number of anilines is 1. The molecule has 1 saturated heterocycles. The van der Waals surface area contributed by atoms with Crippen LogP contribution in [0.1, 0.15) is 52.4 Å². The molecular formula is C20H28N2O3. The van der Waals surface area contributed by atoms with E-state index >= 15 is 0 Å². The quantitative estimate of drug-likeness (QED) is 0.830. The zero-order valence-corrected chi connectivity index (χ0v) is 15.2. The van der Waals surface area contributed by atoms with Crippen LogP contribution >= 0.6 is 0 Å². The van der Waals surface area contributed by atoms with Gasteiger partial charge in [-0.1, -0.05) is 12.8 Å². The molecule has 25 heavy (non-hydrogen) atoms. The van der Waals surface area contributed by atoms with Gasteiger partial charge in [-0.15, -0.1) is 0 Å². The second-order valence-electron chi connectivity index (χ2n) is 7.43. The monoisotopic (exact) mass is 344 g/mol. The molecule has 1 aliphatic carbocycles. The fourth-order valence-electron chi connectivity index (χ4n) is 3.38. The molecule has 0 radical (unpaired) electrons. The van der Waals surface area contributed by atoms with Gasteiger partial charge in [0.2, 0.25) is 11.8 Å². The Morgan fingerprint density at radius 3 is 2.16 bits per heavy atom. The van der Waals surface area contributed by atoms with E-state index in [1.807, 2.05) is 43.0 Å².